The van der Waals surface area contributed by atoms with Gasteiger partial charge in [0, 0.05) is 11.0 Å². The minimum absolute atomic E-state index is 0.154. The van der Waals surface area contributed by atoms with Gasteiger partial charge in [-0.1, -0.05) is 22.0 Å². The van der Waals surface area contributed by atoms with Gasteiger partial charge in [-0.15, -0.1) is 0 Å². The average molecular weight is 296 g/mol. The molecule has 0 fully saturated rings. The van der Waals surface area contributed by atoms with Crippen molar-refractivity contribution < 1.29 is 18.0 Å². The molecule has 0 aliphatic rings. The lowest BCUT2D eigenvalue weighted by atomic mass is 10.0. The molecule has 0 unspecified atom stereocenters. The molecule has 0 aliphatic heterocycles. The maximum Gasteiger partial charge on any atom is 0.416 e. The van der Waals surface area contributed by atoms with E-state index in [0.717, 1.165) is 6.07 Å². The Kier molecular flexibility index (Phi) is 4.35. The van der Waals surface area contributed by atoms with E-state index in [1.54, 1.807) is 6.07 Å². The summed E-state index contributed by atoms with van der Waals surface area (Å²) in [5, 5.41) is 2.33. The molecule has 0 aliphatic carbocycles. The smallest absolute Gasteiger partial charge is 0.358 e. The Bertz CT molecular complexity index is 379. The van der Waals surface area contributed by atoms with Crippen molar-refractivity contribution in [1.29, 1.82) is 0 Å². The Labute approximate surface area is 99.0 Å². The minimum atomic E-state index is -4.37. The van der Waals surface area contributed by atoms with E-state index in [1.165, 1.54) is 6.07 Å². The second kappa shape index (κ2) is 5.34. The van der Waals surface area contributed by atoms with Crippen LogP contribution in [-0.2, 0) is 17.4 Å². The summed E-state index contributed by atoms with van der Waals surface area (Å²) in [6, 6.07) is 3.99. The zero-order valence-corrected chi connectivity index (χ0v) is 9.73. The Morgan fingerprint density at radius 3 is 2.62 bits per heavy atom. The summed E-state index contributed by atoms with van der Waals surface area (Å²) in [6.07, 6.45) is -3.76. The van der Waals surface area contributed by atoms with Gasteiger partial charge in [0.15, 0.2) is 0 Å². The maximum absolute atomic E-state index is 12.6. The van der Waals surface area contributed by atoms with E-state index in [-0.39, 0.29) is 18.5 Å². The molecule has 0 spiro atoms. The number of alkyl halides is 3. The third kappa shape index (κ3) is 3.52. The summed E-state index contributed by atoms with van der Waals surface area (Å²) in [5.74, 6) is 0. The molecule has 2 nitrogen and oxygen atoms in total. The standard InChI is InChI=1S/C10H9BrF3NO/c11-8-2-1-7(3-4-15-6-16)9(5-8)10(12,13)14/h1-2,5-6H,3-4H2,(H,15,16). The maximum atomic E-state index is 12.6. The van der Waals surface area contributed by atoms with Gasteiger partial charge in [-0.3, -0.25) is 4.79 Å². The van der Waals surface area contributed by atoms with Gasteiger partial charge in [0.25, 0.3) is 0 Å². The molecule has 0 radical (unpaired) electrons. The van der Waals surface area contributed by atoms with E-state index < -0.39 is 11.7 Å². The molecule has 0 saturated carbocycles. The van der Waals surface area contributed by atoms with Crippen molar-refractivity contribution in [3.8, 4) is 0 Å². The van der Waals surface area contributed by atoms with Gasteiger partial charge in [-0.2, -0.15) is 13.2 Å². The van der Waals surface area contributed by atoms with Crippen LogP contribution in [0.3, 0.4) is 0 Å². The monoisotopic (exact) mass is 295 g/mol. The molecule has 0 bridgehead atoms. The molecule has 16 heavy (non-hydrogen) atoms. The molecule has 0 atom stereocenters. The van der Waals surface area contributed by atoms with Crippen molar-refractivity contribution in [3.05, 3.63) is 33.8 Å². The van der Waals surface area contributed by atoms with E-state index in [1.807, 2.05) is 0 Å². The lowest BCUT2D eigenvalue weighted by Crippen LogP contribution is -2.17. The van der Waals surface area contributed by atoms with Crippen molar-refractivity contribution >= 4 is 22.3 Å². The highest BCUT2D eigenvalue weighted by Gasteiger charge is 2.33. The number of amides is 1. The van der Waals surface area contributed by atoms with Crippen molar-refractivity contribution in [2.24, 2.45) is 0 Å². The van der Waals surface area contributed by atoms with Crippen LogP contribution in [0.1, 0.15) is 11.1 Å². The molecule has 1 aromatic carbocycles. The van der Waals surface area contributed by atoms with Crippen LogP contribution in [0.2, 0.25) is 0 Å². The van der Waals surface area contributed by atoms with Crippen molar-refractivity contribution in [2.75, 3.05) is 6.54 Å². The molecule has 1 rings (SSSR count). The number of rotatable bonds is 4. The van der Waals surface area contributed by atoms with E-state index >= 15 is 0 Å². The number of hydrogen-bond donors (Lipinski definition) is 1. The predicted octanol–water partition coefficient (Wildman–Crippen LogP) is 2.76. The Balaban J connectivity index is 2.94. The first-order valence-corrected chi connectivity index (χ1v) is 5.27. The number of benzene rings is 1. The van der Waals surface area contributed by atoms with Gasteiger partial charge in [0.1, 0.15) is 0 Å². The van der Waals surface area contributed by atoms with Gasteiger partial charge < -0.3 is 5.32 Å². The van der Waals surface area contributed by atoms with Gasteiger partial charge in [0.05, 0.1) is 5.56 Å². The minimum Gasteiger partial charge on any atom is -0.358 e. The zero-order chi connectivity index (χ0) is 12.2. The summed E-state index contributed by atoms with van der Waals surface area (Å²) >= 11 is 3.00. The highest BCUT2D eigenvalue weighted by molar-refractivity contribution is 9.10. The number of hydrogen-bond acceptors (Lipinski definition) is 1. The number of carbonyl (C=O) groups excluding carboxylic acids is 1. The molecule has 88 valence electrons. The molecule has 1 N–H and O–H groups in total. The van der Waals surface area contributed by atoms with Crippen molar-refractivity contribution in [3.63, 3.8) is 0 Å². The van der Waals surface area contributed by atoms with Crippen LogP contribution < -0.4 is 5.32 Å². The van der Waals surface area contributed by atoms with E-state index in [0.29, 0.717) is 10.9 Å². The number of nitrogens with one attached hydrogen (secondary N) is 1. The summed E-state index contributed by atoms with van der Waals surface area (Å²) in [6.45, 7) is 0.189. The quantitative estimate of drug-likeness (QED) is 0.672. The van der Waals surface area contributed by atoms with Crippen LogP contribution in [-0.4, -0.2) is 13.0 Å². The van der Waals surface area contributed by atoms with Crippen LogP contribution in [0.25, 0.3) is 0 Å². The lowest BCUT2D eigenvalue weighted by molar-refractivity contribution is -0.138. The summed E-state index contributed by atoms with van der Waals surface area (Å²) < 4.78 is 38.3. The van der Waals surface area contributed by atoms with Crippen LogP contribution in [0.15, 0.2) is 22.7 Å². The average Bonchev–Trinajstić information content (AvgIpc) is 2.19. The molecule has 0 aromatic heterocycles. The SMILES string of the molecule is O=CNCCc1ccc(Br)cc1C(F)(F)F. The normalized spacial score (nSPS) is 11.2. The van der Waals surface area contributed by atoms with E-state index in [9.17, 15) is 18.0 Å². The Hall–Kier alpha value is -1.04. The van der Waals surface area contributed by atoms with Crippen LogP contribution in [0.4, 0.5) is 13.2 Å². The molecule has 1 aromatic rings. The largest absolute Gasteiger partial charge is 0.416 e. The fourth-order valence-electron chi connectivity index (χ4n) is 1.30. The first kappa shape index (κ1) is 13.0. The highest BCUT2D eigenvalue weighted by atomic mass is 79.9. The van der Waals surface area contributed by atoms with E-state index in [4.69, 9.17) is 0 Å². The summed E-state index contributed by atoms with van der Waals surface area (Å²) in [4.78, 5) is 9.99. The number of halogens is 4. The van der Waals surface area contributed by atoms with Crippen molar-refractivity contribution in [1.82, 2.24) is 5.32 Å². The van der Waals surface area contributed by atoms with E-state index in [2.05, 4.69) is 21.2 Å². The van der Waals surface area contributed by atoms with Crippen molar-refractivity contribution in [2.45, 2.75) is 12.6 Å². The summed E-state index contributed by atoms with van der Waals surface area (Å²) in [7, 11) is 0. The molecular weight excluding hydrogens is 287 g/mol. The first-order chi connectivity index (χ1) is 7.45. The van der Waals surface area contributed by atoms with Gasteiger partial charge in [-0.25, -0.2) is 0 Å². The predicted molar refractivity (Wildman–Crippen MR) is 56.9 cm³/mol. The first-order valence-electron chi connectivity index (χ1n) is 4.48. The Morgan fingerprint density at radius 1 is 1.38 bits per heavy atom. The second-order valence-electron chi connectivity index (χ2n) is 3.12. The zero-order valence-electron chi connectivity index (χ0n) is 8.14. The molecular formula is C10H9BrF3NO. The van der Waals surface area contributed by atoms with Gasteiger partial charge >= 0.3 is 6.18 Å². The fourth-order valence-corrected chi connectivity index (χ4v) is 1.66. The fraction of sp³-hybridized carbons (Fsp3) is 0.300. The molecule has 0 heterocycles. The topological polar surface area (TPSA) is 29.1 Å². The van der Waals surface area contributed by atoms with Crippen LogP contribution in [0.5, 0.6) is 0 Å². The van der Waals surface area contributed by atoms with Gasteiger partial charge in [-0.05, 0) is 24.1 Å². The number of carbonyl (C=O) groups is 1. The second-order valence-corrected chi connectivity index (χ2v) is 4.04. The summed E-state index contributed by atoms with van der Waals surface area (Å²) in [5.41, 5.74) is -0.500. The van der Waals surface area contributed by atoms with Gasteiger partial charge in [0.2, 0.25) is 6.41 Å². The Morgan fingerprint density at radius 2 is 2.06 bits per heavy atom. The molecule has 1 amide bonds. The van der Waals surface area contributed by atoms with Crippen LogP contribution in [0, 0.1) is 0 Å². The van der Waals surface area contributed by atoms with Crippen LogP contribution >= 0.6 is 15.9 Å². The molecule has 6 heteroatoms. The molecule has 0 saturated heterocycles. The highest BCUT2D eigenvalue weighted by Crippen LogP contribution is 2.33. The third-order valence-corrected chi connectivity index (χ3v) is 2.49. The lowest BCUT2D eigenvalue weighted by Gasteiger charge is -2.13. The third-order valence-electron chi connectivity index (χ3n) is 2.00.